The summed E-state index contributed by atoms with van der Waals surface area (Å²) in [5.74, 6) is -1.23. The van der Waals surface area contributed by atoms with Crippen LogP contribution >= 0.6 is 12.4 Å². The van der Waals surface area contributed by atoms with Gasteiger partial charge in [0.2, 0.25) is 0 Å². The summed E-state index contributed by atoms with van der Waals surface area (Å²) in [6.45, 7) is 1.34. The second kappa shape index (κ2) is 8.23. The van der Waals surface area contributed by atoms with E-state index in [0.717, 1.165) is 30.3 Å². The lowest BCUT2D eigenvalue weighted by Gasteiger charge is -2.33. The molecule has 27 heavy (non-hydrogen) atoms. The highest BCUT2D eigenvalue weighted by Gasteiger charge is 2.33. The monoisotopic (exact) mass is 394 g/mol. The molecular weight excluding hydrogens is 374 g/mol. The summed E-state index contributed by atoms with van der Waals surface area (Å²) < 4.78 is 32.6. The van der Waals surface area contributed by atoms with Crippen molar-refractivity contribution < 1.29 is 18.3 Å². The first-order valence-corrected chi connectivity index (χ1v) is 8.82. The van der Waals surface area contributed by atoms with Crippen molar-refractivity contribution in [1.29, 1.82) is 0 Å². The minimum atomic E-state index is -0.861. The standard InChI is InChI=1S/C20H20F2N2O2.ClH/c21-15-6-5-12(9-16(15)22)14-7-8-23-11-17(14)24-20(25)19-10-13-3-1-2-4-18(13)26-19;/h1-6,9,14,17,19,23H,7-8,10-11H2,(H,24,25);1H. The average molecular weight is 395 g/mol. The fourth-order valence-corrected chi connectivity index (χ4v) is 3.76. The van der Waals surface area contributed by atoms with Gasteiger partial charge in [0.15, 0.2) is 17.7 Å². The molecule has 0 aliphatic carbocycles. The molecule has 1 fully saturated rings. The van der Waals surface area contributed by atoms with Crippen LogP contribution in [0, 0.1) is 11.6 Å². The molecule has 144 valence electrons. The van der Waals surface area contributed by atoms with Crippen molar-refractivity contribution in [1.82, 2.24) is 10.6 Å². The highest BCUT2D eigenvalue weighted by molar-refractivity contribution is 5.85. The van der Waals surface area contributed by atoms with Gasteiger partial charge in [-0.2, -0.15) is 0 Å². The van der Waals surface area contributed by atoms with Crippen molar-refractivity contribution in [3.05, 3.63) is 65.2 Å². The summed E-state index contributed by atoms with van der Waals surface area (Å²) in [7, 11) is 0. The van der Waals surface area contributed by atoms with Crippen LogP contribution in [0.25, 0.3) is 0 Å². The summed E-state index contributed by atoms with van der Waals surface area (Å²) in [4.78, 5) is 12.7. The lowest BCUT2D eigenvalue weighted by molar-refractivity contribution is -0.128. The SMILES string of the molecule is Cl.O=C(NC1CNCCC1c1ccc(F)c(F)c1)C1Cc2ccccc2O1. The molecule has 0 bridgehead atoms. The zero-order valence-corrected chi connectivity index (χ0v) is 15.4. The number of fused-ring (bicyclic) bond motifs is 1. The number of carbonyl (C=O) groups is 1. The van der Waals surface area contributed by atoms with E-state index in [2.05, 4.69) is 10.6 Å². The number of amides is 1. The third kappa shape index (κ3) is 4.06. The maximum Gasteiger partial charge on any atom is 0.261 e. The van der Waals surface area contributed by atoms with Crippen LogP contribution in [0.4, 0.5) is 8.78 Å². The molecule has 2 N–H and O–H groups in total. The number of halogens is 3. The number of ether oxygens (including phenoxy) is 1. The Hall–Kier alpha value is -2.18. The molecule has 2 aromatic rings. The number of hydrogen-bond donors (Lipinski definition) is 2. The Morgan fingerprint density at radius 3 is 2.74 bits per heavy atom. The van der Waals surface area contributed by atoms with E-state index in [1.165, 1.54) is 6.07 Å². The smallest absolute Gasteiger partial charge is 0.261 e. The molecule has 3 atom stereocenters. The molecule has 0 aromatic heterocycles. The number of piperidine rings is 1. The van der Waals surface area contributed by atoms with E-state index in [0.29, 0.717) is 18.5 Å². The fourth-order valence-electron chi connectivity index (χ4n) is 3.76. The summed E-state index contributed by atoms with van der Waals surface area (Å²) in [5, 5.41) is 6.29. The van der Waals surface area contributed by atoms with Crippen molar-refractivity contribution in [2.75, 3.05) is 13.1 Å². The predicted octanol–water partition coefficient (Wildman–Crippen LogP) is 2.95. The van der Waals surface area contributed by atoms with Gasteiger partial charge < -0.3 is 15.4 Å². The third-order valence-corrected chi connectivity index (χ3v) is 5.12. The molecule has 4 nitrogen and oxygen atoms in total. The van der Waals surface area contributed by atoms with Gasteiger partial charge in [-0.15, -0.1) is 12.4 Å². The Morgan fingerprint density at radius 1 is 1.15 bits per heavy atom. The van der Waals surface area contributed by atoms with Gasteiger partial charge in [-0.1, -0.05) is 24.3 Å². The zero-order chi connectivity index (χ0) is 18.1. The van der Waals surface area contributed by atoms with E-state index in [1.54, 1.807) is 6.07 Å². The van der Waals surface area contributed by atoms with E-state index in [1.807, 2.05) is 24.3 Å². The number of carbonyl (C=O) groups excluding carboxylic acids is 1. The minimum Gasteiger partial charge on any atom is -0.480 e. The molecule has 7 heteroatoms. The van der Waals surface area contributed by atoms with Gasteiger partial charge in [-0.05, 0) is 42.3 Å². The lowest BCUT2D eigenvalue weighted by atomic mass is 9.85. The van der Waals surface area contributed by atoms with Crippen LogP contribution in [0.1, 0.15) is 23.5 Å². The molecule has 1 amide bonds. The van der Waals surface area contributed by atoms with Crippen LogP contribution in [0.2, 0.25) is 0 Å². The van der Waals surface area contributed by atoms with Crippen LogP contribution in [0.5, 0.6) is 5.75 Å². The summed E-state index contributed by atoms with van der Waals surface area (Å²) in [5.41, 5.74) is 1.72. The molecule has 2 aliphatic heterocycles. The molecule has 4 rings (SSSR count). The van der Waals surface area contributed by atoms with Gasteiger partial charge >= 0.3 is 0 Å². The van der Waals surface area contributed by atoms with Crippen LogP contribution in [0.15, 0.2) is 42.5 Å². The molecular formula is C20H21ClF2N2O2. The van der Waals surface area contributed by atoms with E-state index in [4.69, 9.17) is 4.74 Å². The minimum absolute atomic E-state index is 0. The van der Waals surface area contributed by atoms with Gasteiger partial charge in [0.25, 0.3) is 5.91 Å². The quantitative estimate of drug-likeness (QED) is 0.841. The Morgan fingerprint density at radius 2 is 1.96 bits per heavy atom. The molecule has 1 saturated heterocycles. The second-order valence-corrected chi connectivity index (χ2v) is 6.81. The van der Waals surface area contributed by atoms with Crippen molar-refractivity contribution in [2.45, 2.75) is 30.9 Å². The molecule has 0 saturated carbocycles. The maximum absolute atomic E-state index is 13.6. The Kier molecular flexibility index (Phi) is 5.97. The topological polar surface area (TPSA) is 50.4 Å². The van der Waals surface area contributed by atoms with Crippen molar-refractivity contribution in [2.24, 2.45) is 0 Å². The summed E-state index contributed by atoms with van der Waals surface area (Å²) in [6.07, 6.45) is 0.722. The van der Waals surface area contributed by atoms with Crippen molar-refractivity contribution in [3.8, 4) is 5.75 Å². The van der Waals surface area contributed by atoms with E-state index in [9.17, 15) is 13.6 Å². The summed E-state index contributed by atoms with van der Waals surface area (Å²) >= 11 is 0. The highest BCUT2D eigenvalue weighted by Crippen LogP contribution is 2.30. The zero-order valence-electron chi connectivity index (χ0n) is 14.6. The maximum atomic E-state index is 13.6. The van der Waals surface area contributed by atoms with Gasteiger partial charge in [0.1, 0.15) is 5.75 Å². The number of hydrogen-bond acceptors (Lipinski definition) is 3. The van der Waals surface area contributed by atoms with Crippen LogP contribution in [0.3, 0.4) is 0 Å². The molecule has 2 aromatic carbocycles. The third-order valence-electron chi connectivity index (χ3n) is 5.12. The Labute approximate surface area is 162 Å². The second-order valence-electron chi connectivity index (χ2n) is 6.81. The summed E-state index contributed by atoms with van der Waals surface area (Å²) in [6, 6.07) is 11.4. The molecule has 0 radical (unpaired) electrons. The first kappa shape index (κ1) is 19.6. The highest BCUT2D eigenvalue weighted by atomic mass is 35.5. The van der Waals surface area contributed by atoms with Crippen LogP contribution in [-0.2, 0) is 11.2 Å². The van der Waals surface area contributed by atoms with Gasteiger partial charge in [0.05, 0.1) is 0 Å². The van der Waals surface area contributed by atoms with Crippen LogP contribution in [-0.4, -0.2) is 31.1 Å². The Balaban J connectivity index is 0.00000210. The van der Waals surface area contributed by atoms with Crippen molar-refractivity contribution in [3.63, 3.8) is 0 Å². The fraction of sp³-hybridized carbons (Fsp3) is 0.350. The Bertz CT molecular complexity index is 808. The van der Waals surface area contributed by atoms with E-state index in [-0.39, 0.29) is 30.3 Å². The molecule has 0 spiro atoms. The number of para-hydroxylation sites is 1. The van der Waals surface area contributed by atoms with E-state index >= 15 is 0 Å². The molecule has 2 aliphatic rings. The number of benzene rings is 2. The van der Waals surface area contributed by atoms with Gasteiger partial charge in [0, 0.05) is 24.9 Å². The molecule has 2 heterocycles. The van der Waals surface area contributed by atoms with Crippen molar-refractivity contribution >= 4 is 18.3 Å². The predicted molar refractivity (Wildman–Crippen MR) is 100 cm³/mol. The van der Waals surface area contributed by atoms with Gasteiger partial charge in [-0.3, -0.25) is 4.79 Å². The lowest BCUT2D eigenvalue weighted by Crippen LogP contribution is -2.53. The molecule has 3 unspecified atom stereocenters. The largest absolute Gasteiger partial charge is 0.480 e. The van der Waals surface area contributed by atoms with Crippen LogP contribution < -0.4 is 15.4 Å². The van der Waals surface area contributed by atoms with E-state index < -0.39 is 17.7 Å². The van der Waals surface area contributed by atoms with Gasteiger partial charge in [-0.25, -0.2) is 8.78 Å². The first-order chi connectivity index (χ1) is 12.6. The number of nitrogens with one attached hydrogen (secondary N) is 2. The average Bonchev–Trinajstić information content (AvgIpc) is 3.09. The first-order valence-electron chi connectivity index (χ1n) is 8.82. The number of rotatable bonds is 3. The normalized spacial score (nSPS) is 23.7.